The Morgan fingerprint density at radius 2 is 2.05 bits per heavy atom. The number of carbonyl (C=O) groups is 1. The van der Waals surface area contributed by atoms with E-state index in [9.17, 15) is 4.79 Å². The van der Waals surface area contributed by atoms with Crippen molar-refractivity contribution in [3.05, 3.63) is 43.3 Å². The molecule has 0 aliphatic heterocycles. The molecule has 7 heteroatoms. The molecule has 0 amide bonds. The average molecular weight is 408 g/mol. The number of carbonyl (C=O) groups excluding carboxylic acids is 1. The molecule has 0 atom stereocenters. The van der Waals surface area contributed by atoms with Crippen LogP contribution in [0.1, 0.15) is 16.2 Å². The zero-order chi connectivity index (χ0) is 14.0. The molecule has 0 bridgehead atoms. The normalized spacial score (nSPS) is 10.3. The number of anilines is 2. The summed E-state index contributed by atoms with van der Waals surface area (Å²) in [5.41, 5.74) is 1.03. The molecule has 98 valence electrons. The number of benzene rings is 1. The quantitative estimate of drug-likeness (QED) is 0.469. The minimum absolute atomic E-state index is 0.133. The van der Waals surface area contributed by atoms with Gasteiger partial charge in [0, 0.05) is 8.59 Å². The van der Waals surface area contributed by atoms with Crippen LogP contribution in [0.2, 0.25) is 10.2 Å². The van der Waals surface area contributed by atoms with Crippen molar-refractivity contribution in [1.82, 2.24) is 9.97 Å². The van der Waals surface area contributed by atoms with Gasteiger partial charge in [0.05, 0.1) is 11.3 Å². The first kappa shape index (κ1) is 14.5. The van der Waals surface area contributed by atoms with Gasteiger partial charge in [-0.15, -0.1) is 0 Å². The second-order valence-electron chi connectivity index (χ2n) is 3.69. The third-order valence-corrected chi connectivity index (χ3v) is 3.73. The number of nitrogens with zero attached hydrogens (tertiary/aromatic N) is 2. The monoisotopic (exact) mass is 407 g/mol. The Kier molecular flexibility index (Phi) is 4.59. The number of hydrogen-bond donors (Lipinski definition) is 1. The maximum absolute atomic E-state index is 11.1. The third kappa shape index (κ3) is 3.34. The first-order valence-electron chi connectivity index (χ1n) is 5.22. The zero-order valence-corrected chi connectivity index (χ0v) is 13.4. The van der Waals surface area contributed by atoms with Crippen LogP contribution in [-0.4, -0.2) is 16.3 Å². The van der Waals surface area contributed by atoms with Gasteiger partial charge in [0.25, 0.3) is 0 Å². The Hall–Kier alpha value is -0.920. The van der Waals surface area contributed by atoms with Gasteiger partial charge < -0.3 is 5.32 Å². The number of aromatic nitrogens is 2. The Labute approximate surface area is 133 Å². The molecule has 0 aliphatic rings. The van der Waals surface area contributed by atoms with E-state index in [4.69, 9.17) is 23.2 Å². The molecule has 0 unspecified atom stereocenters. The summed E-state index contributed by atoms with van der Waals surface area (Å²) < 4.78 is 0.911. The van der Waals surface area contributed by atoms with Gasteiger partial charge in [-0.1, -0.05) is 23.2 Å². The van der Waals surface area contributed by atoms with Crippen LogP contribution < -0.4 is 5.32 Å². The minimum Gasteiger partial charge on any atom is -0.339 e. The van der Waals surface area contributed by atoms with Crippen LogP contribution in [0.3, 0.4) is 0 Å². The largest absolute Gasteiger partial charge is 0.339 e. The predicted octanol–water partition coefficient (Wildman–Crippen LogP) is 4.25. The second-order valence-corrected chi connectivity index (χ2v) is 5.65. The summed E-state index contributed by atoms with van der Waals surface area (Å²) in [4.78, 5) is 19.2. The molecular formula is C12H8Cl2IN3O. The highest BCUT2D eigenvalue weighted by Gasteiger charge is 2.12. The van der Waals surface area contributed by atoms with Crippen molar-refractivity contribution in [2.75, 3.05) is 5.32 Å². The van der Waals surface area contributed by atoms with Crippen molar-refractivity contribution in [2.45, 2.75) is 6.92 Å². The van der Waals surface area contributed by atoms with Gasteiger partial charge in [-0.05, 0) is 47.7 Å². The summed E-state index contributed by atoms with van der Waals surface area (Å²) in [5, 5.41) is 3.84. The third-order valence-electron chi connectivity index (χ3n) is 2.31. The second kappa shape index (κ2) is 6.02. The van der Waals surface area contributed by atoms with E-state index in [1.807, 2.05) is 6.07 Å². The maximum Gasteiger partial charge on any atom is 0.156 e. The minimum atomic E-state index is 0.133. The molecule has 19 heavy (non-hydrogen) atoms. The van der Waals surface area contributed by atoms with Crippen LogP contribution in [0, 0.1) is 10.5 Å². The van der Waals surface area contributed by atoms with Gasteiger partial charge in [-0.2, -0.15) is 0 Å². The van der Waals surface area contributed by atoms with Gasteiger partial charge in [-0.3, -0.25) is 4.79 Å². The number of aldehydes is 1. The maximum atomic E-state index is 11.1. The van der Waals surface area contributed by atoms with Crippen LogP contribution in [0.5, 0.6) is 0 Å². The van der Waals surface area contributed by atoms with Crippen molar-refractivity contribution in [2.24, 2.45) is 0 Å². The molecule has 0 aliphatic carbocycles. The number of nitrogens with one attached hydrogen (secondary N) is 1. The lowest BCUT2D eigenvalue weighted by molar-refractivity contribution is 0.112. The summed E-state index contributed by atoms with van der Waals surface area (Å²) in [6.07, 6.45) is 0.632. The molecule has 0 saturated carbocycles. The van der Waals surface area contributed by atoms with E-state index in [2.05, 4.69) is 37.9 Å². The van der Waals surface area contributed by atoms with Crippen molar-refractivity contribution >= 4 is 63.6 Å². The predicted molar refractivity (Wildman–Crippen MR) is 84.6 cm³/mol. The lowest BCUT2D eigenvalue weighted by Gasteiger charge is -2.11. The first-order valence-corrected chi connectivity index (χ1v) is 7.06. The number of rotatable bonds is 3. The Morgan fingerprint density at radius 1 is 1.32 bits per heavy atom. The highest BCUT2D eigenvalue weighted by atomic mass is 127. The molecule has 1 N–H and O–H groups in total. The molecule has 1 heterocycles. The van der Waals surface area contributed by atoms with E-state index < -0.39 is 0 Å². The topological polar surface area (TPSA) is 54.9 Å². The number of halogens is 3. The van der Waals surface area contributed by atoms with Crippen LogP contribution in [0.4, 0.5) is 11.5 Å². The van der Waals surface area contributed by atoms with Gasteiger partial charge in [-0.25, -0.2) is 9.97 Å². The Bertz CT molecular complexity index is 649. The molecule has 0 fully saturated rings. The van der Waals surface area contributed by atoms with E-state index >= 15 is 0 Å². The van der Waals surface area contributed by atoms with Gasteiger partial charge in [0.15, 0.2) is 6.29 Å². The van der Waals surface area contributed by atoms with Crippen LogP contribution in [0.15, 0.2) is 18.2 Å². The van der Waals surface area contributed by atoms with Crippen LogP contribution in [-0.2, 0) is 0 Å². The average Bonchev–Trinajstić information content (AvgIpc) is 2.32. The molecule has 1 aromatic heterocycles. The summed E-state index contributed by atoms with van der Waals surface area (Å²) in [6, 6.07) is 5.37. The number of aryl methyl sites for hydroxylation is 1. The summed E-state index contributed by atoms with van der Waals surface area (Å²) >= 11 is 14.0. The van der Waals surface area contributed by atoms with E-state index in [1.54, 1.807) is 19.1 Å². The van der Waals surface area contributed by atoms with Crippen LogP contribution >= 0.6 is 45.8 Å². The molecule has 2 rings (SSSR count). The van der Waals surface area contributed by atoms with E-state index in [-0.39, 0.29) is 10.7 Å². The van der Waals surface area contributed by atoms with E-state index in [0.29, 0.717) is 23.0 Å². The van der Waals surface area contributed by atoms with Crippen molar-refractivity contribution in [3.63, 3.8) is 0 Å². The Balaban J connectivity index is 2.45. The van der Waals surface area contributed by atoms with Gasteiger partial charge in [0.2, 0.25) is 0 Å². The van der Waals surface area contributed by atoms with Gasteiger partial charge in [0.1, 0.15) is 16.8 Å². The highest BCUT2D eigenvalue weighted by molar-refractivity contribution is 14.1. The summed E-state index contributed by atoms with van der Waals surface area (Å²) in [6.45, 7) is 1.71. The molecule has 1 aromatic carbocycles. The lowest BCUT2D eigenvalue weighted by atomic mass is 10.3. The van der Waals surface area contributed by atoms with Gasteiger partial charge >= 0.3 is 0 Å². The van der Waals surface area contributed by atoms with E-state index in [0.717, 1.165) is 9.26 Å². The standard InChI is InChI=1S/C12H8Cl2IN3O/c1-6-16-11(14)8(5-19)12(17-6)18-10-3-2-7(13)4-9(10)15/h2-5H,1H3,(H,16,17,18). The Morgan fingerprint density at radius 3 is 2.68 bits per heavy atom. The fourth-order valence-electron chi connectivity index (χ4n) is 1.47. The van der Waals surface area contributed by atoms with Crippen molar-refractivity contribution in [3.8, 4) is 0 Å². The molecule has 0 radical (unpaired) electrons. The zero-order valence-electron chi connectivity index (χ0n) is 9.75. The fraction of sp³-hybridized carbons (Fsp3) is 0.0833. The summed E-state index contributed by atoms with van der Waals surface area (Å²) in [7, 11) is 0. The van der Waals surface area contributed by atoms with Crippen molar-refractivity contribution in [1.29, 1.82) is 0 Å². The molecule has 4 nitrogen and oxygen atoms in total. The molecule has 2 aromatic rings. The van der Waals surface area contributed by atoms with E-state index in [1.165, 1.54) is 0 Å². The number of hydrogen-bond acceptors (Lipinski definition) is 4. The first-order chi connectivity index (χ1) is 9.01. The molecule has 0 saturated heterocycles. The highest BCUT2D eigenvalue weighted by Crippen LogP contribution is 2.27. The van der Waals surface area contributed by atoms with Crippen LogP contribution in [0.25, 0.3) is 0 Å². The molecule has 0 spiro atoms. The van der Waals surface area contributed by atoms with Crippen molar-refractivity contribution < 1.29 is 4.79 Å². The SMILES string of the molecule is Cc1nc(Cl)c(C=O)c(Nc2ccc(Cl)cc2I)n1. The molecular weight excluding hydrogens is 400 g/mol. The summed E-state index contributed by atoms with van der Waals surface area (Å²) in [5.74, 6) is 0.870. The fourth-order valence-corrected chi connectivity index (χ4v) is 2.73. The lowest BCUT2D eigenvalue weighted by Crippen LogP contribution is -2.04. The smallest absolute Gasteiger partial charge is 0.156 e.